The number of hydrogen-bond donors (Lipinski definition) is 2. The molecule has 3 N–H and O–H groups in total. The number of pyridine rings is 1. The standard InChI is InChI=1S/C13H17N3O3/c1-18-12(17)5-3-9-2-4-11(14)13(16-9)15-8-10-6-7-19-10/h2-5,10H,6-8,14H2,1H3,(H,15,16)/b5-3+/t10-/m0/s1. The first-order valence-electron chi connectivity index (χ1n) is 6.07. The van der Waals surface area contributed by atoms with E-state index in [9.17, 15) is 4.79 Å². The summed E-state index contributed by atoms with van der Waals surface area (Å²) in [6.45, 7) is 1.50. The molecule has 0 spiro atoms. The van der Waals surface area contributed by atoms with Gasteiger partial charge in [0, 0.05) is 19.2 Å². The number of carbonyl (C=O) groups is 1. The first-order chi connectivity index (χ1) is 9.19. The van der Waals surface area contributed by atoms with E-state index in [1.807, 2.05) is 0 Å². The summed E-state index contributed by atoms with van der Waals surface area (Å²) in [7, 11) is 1.33. The molecule has 6 heteroatoms. The molecule has 1 fully saturated rings. The molecule has 0 saturated carbocycles. The molecule has 6 nitrogen and oxygen atoms in total. The number of carbonyl (C=O) groups excluding carboxylic acids is 1. The van der Waals surface area contributed by atoms with Crippen LogP contribution in [0.5, 0.6) is 0 Å². The monoisotopic (exact) mass is 263 g/mol. The topological polar surface area (TPSA) is 86.5 Å². The minimum atomic E-state index is -0.420. The molecule has 0 aliphatic carbocycles. The van der Waals surface area contributed by atoms with Gasteiger partial charge in [-0.3, -0.25) is 0 Å². The Labute approximate surface area is 111 Å². The Hall–Kier alpha value is -2.08. The smallest absolute Gasteiger partial charge is 0.330 e. The predicted molar refractivity (Wildman–Crippen MR) is 72.5 cm³/mol. The number of nitrogens with one attached hydrogen (secondary N) is 1. The van der Waals surface area contributed by atoms with Crippen molar-refractivity contribution in [3.05, 3.63) is 23.9 Å². The quantitative estimate of drug-likeness (QED) is 0.610. The minimum absolute atomic E-state index is 0.232. The lowest BCUT2D eigenvalue weighted by molar-refractivity contribution is -0.134. The Morgan fingerprint density at radius 3 is 3.11 bits per heavy atom. The Kier molecular flexibility index (Phi) is 4.35. The third-order valence-corrected chi connectivity index (χ3v) is 2.83. The van der Waals surface area contributed by atoms with Crippen molar-refractivity contribution < 1.29 is 14.3 Å². The zero-order valence-corrected chi connectivity index (χ0v) is 10.8. The van der Waals surface area contributed by atoms with Crippen molar-refractivity contribution in [1.82, 2.24) is 4.98 Å². The number of hydrogen-bond acceptors (Lipinski definition) is 6. The normalized spacial score (nSPS) is 18.1. The van der Waals surface area contributed by atoms with Gasteiger partial charge < -0.3 is 20.5 Å². The molecule has 0 aromatic carbocycles. The van der Waals surface area contributed by atoms with Gasteiger partial charge in [-0.1, -0.05) is 0 Å². The Morgan fingerprint density at radius 1 is 1.68 bits per heavy atom. The average Bonchev–Trinajstić information content (AvgIpc) is 2.37. The predicted octanol–water partition coefficient (Wildman–Crippen LogP) is 1.05. The molecule has 2 rings (SSSR count). The third-order valence-electron chi connectivity index (χ3n) is 2.83. The van der Waals surface area contributed by atoms with Crippen molar-refractivity contribution in [2.24, 2.45) is 0 Å². The van der Waals surface area contributed by atoms with E-state index in [2.05, 4.69) is 15.0 Å². The van der Waals surface area contributed by atoms with Crippen molar-refractivity contribution in [3.8, 4) is 0 Å². The molecule has 1 aliphatic rings. The van der Waals surface area contributed by atoms with Crippen molar-refractivity contribution in [3.63, 3.8) is 0 Å². The number of anilines is 2. The zero-order valence-electron chi connectivity index (χ0n) is 10.8. The lowest BCUT2D eigenvalue weighted by Crippen LogP contribution is -2.33. The molecule has 0 amide bonds. The van der Waals surface area contributed by atoms with Crippen LogP contribution in [0.3, 0.4) is 0 Å². The van der Waals surface area contributed by atoms with Gasteiger partial charge in [0.2, 0.25) is 0 Å². The van der Waals surface area contributed by atoms with Gasteiger partial charge >= 0.3 is 5.97 Å². The van der Waals surface area contributed by atoms with E-state index in [0.29, 0.717) is 23.7 Å². The van der Waals surface area contributed by atoms with E-state index in [1.54, 1.807) is 18.2 Å². The summed E-state index contributed by atoms with van der Waals surface area (Å²) in [6, 6.07) is 3.48. The summed E-state index contributed by atoms with van der Waals surface area (Å²) in [5.41, 5.74) is 7.04. The second-order valence-corrected chi connectivity index (χ2v) is 4.19. The van der Waals surface area contributed by atoms with Crippen LogP contribution in [-0.2, 0) is 14.3 Å². The van der Waals surface area contributed by atoms with E-state index in [4.69, 9.17) is 10.5 Å². The highest BCUT2D eigenvalue weighted by Gasteiger charge is 2.17. The number of rotatable bonds is 5. The fourth-order valence-electron chi connectivity index (χ4n) is 1.60. The van der Waals surface area contributed by atoms with Crippen LogP contribution in [0.2, 0.25) is 0 Å². The van der Waals surface area contributed by atoms with Gasteiger partial charge in [-0.25, -0.2) is 9.78 Å². The molecular formula is C13H17N3O3. The molecule has 1 aromatic rings. The van der Waals surface area contributed by atoms with E-state index >= 15 is 0 Å². The van der Waals surface area contributed by atoms with Crippen LogP contribution >= 0.6 is 0 Å². The lowest BCUT2D eigenvalue weighted by atomic mass is 10.2. The Morgan fingerprint density at radius 2 is 2.47 bits per heavy atom. The number of ether oxygens (including phenoxy) is 2. The summed E-state index contributed by atoms with van der Waals surface area (Å²) in [5, 5.41) is 3.15. The van der Waals surface area contributed by atoms with Crippen LogP contribution in [0.15, 0.2) is 18.2 Å². The maximum absolute atomic E-state index is 11.0. The summed E-state index contributed by atoms with van der Waals surface area (Å²) in [5.74, 6) is 0.179. The minimum Gasteiger partial charge on any atom is -0.466 e. The first kappa shape index (κ1) is 13.4. The zero-order chi connectivity index (χ0) is 13.7. The summed E-state index contributed by atoms with van der Waals surface area (Å²) < 4.78 is 9.83. The fourth-order valence-corrected chi connectivity index (χ4v) is 1.60. The molecule has 2 heterocycles. The van der Waals surface area contributed by atoms with Crippen molar-refractivity contribution in [1.29, 1.82) is 0 Å². The maximum Gasteiger partial charge on any atom is 0.330 e. The molecule has 1 aromatic heterocycles. The lowest BCUT2D eigenvalue weighted by Gasteiger charge is -2.26. The van der Waals surface area contributed by atoms with Gasteiger partial charge in [-0.15, -0.1) is 0 Å². The molecule has 1 aliphatic heterocycles. The van der Waals surface area contributed by atoms with Crippen LogP contribution < -0.4 is 11.1 Å². The van der Waals surface area contributed by atoms with E-state index in [0.717, 1.165) is 13.0 Å². The molecule has 0 unspecified atom stereocenters. The molecule has 1 atom stereocenters. The van der Waals surface area contributed by atoms with Crippen molar-refractivity contribution in [2.45, 2.75) is 12.5 Å². The van der Waals surface area contributed by atoms with E-state index in [-0.39, 0.29) is 6.10 Å². The highest BCUT2D eigenvalue weighted by molar-refractivity contribution is 5.86. The molecule has 102 valence electrons. The van der Waals surface area contributed by atoms with Gasteiger partial charge in [0.15, 0.2) is 0 Å². The highest BCUT2D eigenvalue weighted by atomic mass is 16.5. The molecule has 19 heavy (non-hydrogen) atoms. The van der Waals surface area contributed by atoms with E-state index < -0.39 is 5.97 Å². The molecular weight excluding hydrogens is 246 g/mol. The van der Waals surface area contributed by atoms with Crippen molar-refractivity contribution >= 4 is 23.6 Å². The summed E-state index contributed by atoms with van der Waals surface area (Å²) >= 11 is 0. The van der Waals surface area contributed by atoms with Gasteiger partial charge in [0.25, 0.3) is 0 Å². The van der Waals surface area contributed by atoms with Crippen molar-refractivity contribution in [2.75, 3.05) is 31.3 Å². The Bertz CT molecular complexity index is 484. The van der Waals surface area contributed by atoms with Gasteiger partial charge in [-0.05, 0) is 24.6 Å². The van der Waals surface area contributed by atoms with Crippen LogP contribution in [0.1, 0.15) is 12.1 Å². The third kappa shape index (κ3) is 3.69. The van der Waals surface area contributed by atoms with Gasteiger partial charge in [0.05, 0.1) is 24.6 Å². The number of methoxy groups -OCH3 is 1. The largest absolute Gasteiger partial charge is 0.466 e. The second-order valence-electron chi connectivity index (χ2n) is 4.19. The van der Waals surface area contributed by atoms with Crippen LogP contribution in [-0.4, -0.2) is 37.3 Å². The first-order valence-corrected chi connectivity index (χ1v) is 6.07. The maximum atomic E-state index is 11.0. The second kappa shape index (κ2) is 6.19. The van der Waals surface area contributed by atoms with Crippen LogP contribution in [0, 0.1) is 0 Å². The molecule has 1 saturated heterocycles. The van der Waals surface area contributed by atoms with Gasteiger partial charge in [-0.2, -0.15) is 0 Å². The number of nitrogens with two attached hydrogens (primary N) is 1. The number of aromatic nitrogens is 1. The SMILES string of the molecule is COC(=O)/C=C/c1ccc(N)c(NC[C@@H]2CCO2)n1. The van der Waals surface area contributed by atoms with Crippen LogP contribution in [0.25, 0.3) is 6.08 Å². The molecule has 0 bridgehead atoms. The summed E-state index contributed by atoms with van der Waals surface area (Å²) in [4.78, 5) is 15.3. The van der Waals surface area contributed by atoms with Gasteiger partial charge in [0.1, 0.15) is 5.82 Å². The Balaban J connectivity index is 2.01. The molecule has 0 radical (unpaired) electrons. The highest BCUT2D eigenvalue weighted by Crippen LogP contribution is 2.18. The number of esters is 1. The number of nitrogens with zero attached hydrogens (tertiary/aromatic N) is 1. The summed E-state index contributed by atoms with van der Waals surface area (Å²) in [6.07, 6.45) is 4.18. The number of nitrogen functional groups attached to an aromatic ring is 1. The van der Waals surface area contributed by atoms with E-state index in [1.165, 1.54) is 13.2 Å². The average molecular weight is 263 g/mol. The fraction of sp³-hybridized carbons (Fsp3) is 0.385. The van der Waals surface area contributed by atoms with Crippen LogP contribution in [0.4, 0.5) is 11.5 Å².